The number of pyridine rings is 1. The molecule has 2 fully saturated rings. The number of halogens is 1. The summed E-state index contributed by atoms with van der Waals surface area (Å²) in [4.78, 5) is 22.1. The molecule has 4 heterocycles. The molecule has 0 saturated heterocycles. The first kappa shape index (κ1) is 19.2. The quantitative estimate of drug-likeness (QED) is 0.444. The second-order valence-corrected chi connectivity index (χ2v) is 8.51. The van der Waals surface area contributed by atoms with Crippen LogP contribution in [0.3, 0.4) is 0 Å². The number of rotatable bonds is 5. The first-order valence-corrected chi connectivity index (χ1v) is 10.7. The summed E-state index contributed by atoms with van der Waals surface area (Å²) in [6.07, 6.45) is 5.68. The number of carbonyl (C=O) groups is 1. The summed E-state index contributed by atoms with van der Waals surface area (Å²) in [5, 5.41) is 20.8. The van der Waals surface area contributed by atoms with Crippen LogP contribution in [-0.4, -0.2) is 60.5 Å². The summed E-state index contributed by atoms with van der Waals surface area (Å²) in [5.74, 6) is 0.284. The minimum atomic E-state index is -0.985. The van der Waals surface area contributed by atoms with Gasteiger partial charge in [0, 0.05) is 48.9 Å². The first-order chi connectivity index (χ1) is 15.5. The average Bonchev–Trinajstić information content (AvgIpc) is 3.16. The SMILES string of the molecule is CNc1cc(-c2cn([C@H]3C[C@@H](O)C3)c3ncccc23)nc2c(C(=O)N[C@@H]3C[C@@H]3F)cnn12. The first-order valence-electron chi connectivity index (χ1n) is 10.7. The molecule has 0 bridgehead atoms. The molecule has 2 aliphatic carbocycles. The van der Waals surface area contributed by atoms with Gasteiger partial charge >= 0.3 is 0 Å². The number of hydrogen-bond acceptors (Lipinski definition) is 6. The van der Waals surface area contributed by atoms with Gasteiger partial charge in [-0.15, -0.1) is 0 Å². The molecule has 6 rings (SSSR count). The molecule has 1 amide bonds. The highest BCUT2D eigenvalue weighted by atomic mass is 19.1. The van der Waals surface area contributed by atoms with Crippen LogP contribution in [0.25, 0.3) is 27.9 Å². The van der Waals surface area contributed by atoms with Gasteiger partial charge in [-0.05, 0) is 25.0 Å². The summed E-state index contributed by atoms with van der Waals surface area (Å²) in [7, 11) is 1.78. The van der Waals surface area contributed by atoms with Crippen LogP contribution in [0.5, 0.6) is 0 Å². The zero-order chi connectivity index (χ0) is 22.0. The van der Waals surface area contributed by atoms with E-state index in [1.807, 2.05) is 24.4 Å². The van der Waals surface area contributed by atoms with E-state index in [0.717, 1.165) is 16.6 Å². The molecule has 10 heteroatoms. The van der Waals surface area contributed by atoms with Crippen molar-refractivity contribution in [3.8, 4) is 11.3 Å². The summed E-state index contributed by atoms with van der Waals surface area (Å²) >= 11 is 0. The summed E-state index contributed by atoms with van der Waals surface area (Å²) in [6, 6.07) is 5.50. The third-order valence-electron chi connectivity index (χ3n) is 6.35. The molecule has 4 aromatic rings. The fourth-order valence-corrected chi connectivity index (χ4v) is 4.35. The summed E-state index contributed by atoms with van der Waals surface area (Å²) < 4.78 is 17.0. The van der Waals surface area contributed by atoms with Gasteiger partial charge in [0.25, 0.3) is 5.91 Å². The topological polar surface area (TPSA) is 109 Å². The lowest BCUT2D eigenvalue weighted by atomic mass is 9.89. The number of aliphatic hydroxyl groups excluding tert-OH is 1. The predicted octanol–water partition coefficient (Wildman–Crippen LogP) is 2.32. The Morgan fingerprint density at radius 2 is 2.09 bits per heavy atom. The molecule has 0 spiro atoms. The molecule has 0 aromatic carbocycles. The van der Waals surface area contributed by atoms with E-state index in [0.29, 0.717) is 42.0 Å². The number of carbonyl (C=O) groups excluding carboxylic acids is 1. The third-order valence-corrected chi connectivity index (χ3v) is 6.35. The standard InChI is InChI=1S/C22H22FN7O2/c1-24-19-8-17(27-21-14(9-26-30(19)21)22(32)28-18-7-16(18)23)15-10-29(11-5-12(31)6-11)20-13(15)3-2-4-25-20/h2-4,8-12,16,18,24,31H,5-7H2,1H3,(H,28,32)/t11-,12+,16-,18+/m0/s1. The smallest absolute Gasteiger partial charge is 0.257 e. The summed E-state index contributed by atoms with van der Waals surface area (Å²) in [5.41, 5.74) is 3.08. The minimum Gasteiger partial charge on any atom is -0.393 e. The van der Waals surface area contributed by atoms with E-state index in [9.17, 15) is 14.3 Å². The molecule has 0 aliphatic heterocycles. The molecular weight excluding hydrogens is 413 g/mol. The van der Waals surface area contributed by atoms with Gasteiger partial charge in [-0.2, -0.15) is 9.61 Å². The number of fused-ring (bicyclic) bond motifs is 2. The van der Waals surface area contributed by atoms with Crippen LogP contribution in [0.4, 0.5) is 10.2 Å². The second-order valence-electron chi connectivity index (χ2n) is 8.51. The van der Waals surface area contributed by atoms with Crippen molar-refractivity contribution in [3.63, 3.8) is 0 Å². The van der Waals surface area contributed by atoms with Gasteiger partial charge in [-0.1, -0.05) is 0 Å². The van der Waals surface area contributed by atoms with Crippen LogP contribution >= 0.6 is 0 Å². The Bertz CT molecular complexity index is 1360. The lowest BCUT2D eigenvalue weighted by molar-refractivity contribution is 0.0501. The molecular formula is C22H22FN7O2. The molecule has 2 atom stereocenters. The van der Waals surface area contributed by atoms with Crippen LogP contribution in [0.1, 0.15) is 35.7 Å². The van der Waals surface area contributed by atoms with Crippen molar-refractivity contribution < 1.29 is 14.3 Å². The number of nitrogens with zero attached hydrogens (tertiary/aromatic N) is 5. The van der Waals surface area contributed by atoms with E-state index in [-0.39, 0.29) is 18.1 Å². The van der Waals surface area contributed by atoms with Gasteiger partial charge < -0.3 is 20.3 Å². The molecule has 0 radical (unpaired) electrons. The lowest BCUT2D eigenvalue weighted by Crippen LogP contribution is -2.30. The Morgan fingerprint density at radius 3 is 2.81 bits per heavy atom. The monoisotopic (exact) mass is 435 g/mol. The highest BCUT2D eigenvalue weighted by Crippen LogP contribution is 2.38. The van der Waals surface area contributed by atoms with Crippen LogP contribution in [0, 0.1) is 0 Å². The van der Waals surface area contributed by atoms with Gasteiger partial charge in [0.15, 0.2) is 5.65 Å². The fraction of sp³-hybridized carbons (Fsp3) is 0.364. The summed E-state index contributed by atoms with van der Waals surface area (Å²) in [6.45, 7) is 0. The molecule has 9 nitrogen and oxygen atoms in total. The van der Waals surface area contributed by atoms with E-state index in [2.05, 4.69) is 25.3 Å². The van der Waals surface area contributed by atoms with Gasteiger partial charge in [0.1, 0.15) is 23.2 Å². The zero-order valence-corrected chi connectivity index (χ0v) is 17.4. The Labute approximate surface area is 182 Å². The highest BCUT2D eigenvalue weighted by Gasteiger charge is 2.39. The van der Waals surface area contributed by atoms with Crippen molar-refractivity contribution in [2.24, 2.45) is 0 Å². The normalized spacial score (nSPS) is 24.5. The van der Waals surface area contributed by atoms with Gasteiger partial charge in [-0.25, -0.2) is 14.4 Å². The number of hydrogen-bond donors (Lipinski definition) is 3. The number of anilines is 1. The Morgan fingerprint density at radius 1 is 1.28 bits per heavy atom. The largest absolute Gasteiger partial charge is 0.393 e. The van der Waals surface area contributed by atoms with Crippen molar-refractivity contribution >= 4 is 28.4 Å². The van der Waals surface area contributed by atoms with E-state index >= 15 is 0 Å². The minimum absolute atomic E-state index is 0.187. The maximum atomic E-state index is 13.3. The molecule has 2 aliphatic rings. The number of aromatic nitrogens is 5. The van der Waals surface area contributed by atoms with E-state index in [4.69, 9.17) is 4.98 Å². The average molecular weight is 435 g/mol. The molecule has 4 aromatic heterocycles. The maximum Gasteiger partial charge on any atom is 0.257 e. The third kappa shape index (κ3) is 2.94. The number of amides is 1. The predicted molar refractivity (Wildman–Crippen MR) is 116 cm³/mol. The number of alkyl halides is 1. The maximum absolute atomic E-state index is 13.3. The lowest BCUT2D eigenvalue weighted by Gasteiger charge is -2.32. The number of aliphatic hydroxyl groups is 1. The van der Waals surface area contributed by atoms with Crippen molar-refractivity contribution in [2.75, 3.05) is 12.4 Å². The van der Waals surface area contributed by atoms with Crippen molar-refractivity contribution in [2.45, 2.75) is 43.6 Å². The number of nitrogens with one attached hydrogen (secondary N) is 2. The van der Waals surface area contributed by atoms with Crippen LogP contribution in [0.15, 0.2) is 36.8 Å². The highest BCUT2D eigenvalue weighted by molar-refractivity contribution is 6.01. The van der Waals surface area contributed by atoms with Crippen LogP contribution < -0.4 is 10.6 Å². The van der Waals surface area contributed by atoms with Gasteiger partial charge in [0.05, 0.1) is 24.0 Å². The Balaban J connectivity index is 1.48. The fourth-order valence-electron chi connectivity index (χ4n) is 4.35. The van der Waals surface area contributed by atoms with Crippen molar-refractivity contribution in [3.05, 3.63) is 42.4 Å². The van der Waals surface area contributed by atoms with E-state index in [1.54, 1.807) is 17.8 Å². The van der Waals surface area contributed by atoms with Crippen LogP contribution in [-0.2, 0) is 0 Å². The van der Waals surface area contributed by atoms with E-state index < -0.39 is 12.2 Å². The second kappa shape index (κ2) is 6.99. The van der Waals surface area contributed by atoms with Crippen molar-refractivity contribution in [1.29, 1.82) is 0 Å². The zero-order valence-electron chi connectivity index (χ0n) is 17.4. The van der Waals surface area contributed by atoms with Gasteiger partial charge in [0.2, 0.25) is 0 Å². The molecule has 0 unspecified atom stereocenters. The molecule has 32 heavy (non-hydrogen) atoms. The Kier molecular flexibility index (Phi) is 4.19. The van der Waals surface area contributed by atoms with Crippen LogP contribution in [0.2, 0.25) is 0 Å². The van der Waals surface area contributed by atoms with Gasteiger partial charge in [-0.3, -0.25) is 4.79 Å². The molecule has 3 N–H and O–H groups in total. The molecule has 2 saturated carbocycles. The van der Waals surface area contributed by atoms with E-state index in [1.165, 1.54) is 6.20 Å². The van der Waals surface area contributed by atoms with Crippen molar-refractivity contribution in [1.82, 2.24) is 29.5 Å². The molecule has 164 valence electrons. The Hall–Kier alpha value is -3.53.